The van der Waals surface area contributed by atoms with E-state index in [1.54, 1.807) is 24.3 Å². The van der Waals surface area contributed by atoms with Gasteiger partial charge in [-0.1, -0.05) is 13.8 Å². The molecule has 2 rings (SSSR count). The molecular weight excluding hydrogens is 302 g/mol. The van der Waals surface area contributed by atoms with E-state index in [0.29, 0.717) is 23.7 Å². The minimum Gasteiger partial charge on any atom is -0.356 e. The molecule has 0 spiro atoms. The molecule has 24 heavy (non-hydrogen) atoms. The molecule has 5 nitrogen and oxygen atoms in total. The van der Waals surface area contributed by atoms with Crippen molar-refractivity contribution < 1.29 is 9.59 Å². The summed E-state index contributed by atoms with van der Waals surface area (Å²) in [4.78, 5) is 24.4. The normalized spacial score (nSPS) is 20.2. The fraction of sp³-hybridized carbons (Fsp3) is 0.526. The molecule has 2 N–H and O–H groups in total. The van der Waals surface area contributed by atoms with Crippen LogP contribution in [0.1, 0.15) is 45.1 Å². The number of benzene rings is 1. The molecule has 0 radical (unpaired) electrons. The number of nitrogens with zero attached hydrogens (tertiary/aromatic N) is 1. The van der Waals surface area contributed by atoms with Crippen LogP contribution in [0.4, 0.5) is 5.69 Å². The Hall–Kier alpha value is -2.35. The molecule has 0 unspecified atom stereocenters. The highest BCUT2D eigenvalue weighted by Crippen LogP contribution is 2.30. The van der Waals surface area contributed by atoms with Crippen molar-refractivity contribution in [3.8, 4) is 6.07 Å². The van der Waals surface area contributed by atoms with Crippen LogP contribution >= 0.6 is 0 Å². The molecule has 2 amide bonds. The molecule has 1 aromatic rings. The van der Waals surface area contributed by atoms with Gasteiger partial charge in [0.2, 0.25) is 11.8 Å². The van der Waals surface area contributed by atoms with Crippen molar-refractivity contribution in [2.75, 3.05) is 11.9 Å². The van der Waals surface area contributed by atoms with Gasteiger partial charge >= 0.3 is 0 Å². The van der Waals surface area contributed by atoms with Crippen LogP contribution in [-0.2, 0) is 9.59 Å². The average molecular weight is 327 g/mol. The molecule has 1 aliphatic rings. The quantitative estimate of drug-likeness (QED) is 0.872. The van der Waals surface area contributed by atoms with Crippen LogP contribution in [0, 0.1) is 29.1 Å². The van der Waals surface area contributed by atoms with Crippen LogP contribution in [0.25, 0.3) is 0 Å². The minimum atomic E-state index is -0.0465. The number of hydrogen-bond donors (Lipinski definition) is 2. The number of nitriles is 1. The van der Waals surface area contributed by atoms with Crippen LogP contribution in [-0.4, -0.2) is 18.4 Å². The fourth-order valence-electron chi connectivity index (χ4n) is 2.94. The molecule has 1 fully saturated rings. The largest absolute Gasteiger partial charge is 0.356 e. The van der Waals surface area contributed by atoms with Crippen LogP contribution < -0.4 is 10.6 Å². The Morgan fingerprint density at radius 1 is 1.08 bits per heavy atom. The van der Waals surface area contributed by atoms with Crippen molar-refractivity contribution in [3.05, 3.63) is 29.8 Å². The van der Waals surface area contributed by atoms with Gasteiger partial charge in [0.15, 0.2) is 0 Å². The minimum absolute atomic E-state index is 0.000691. The summed E-state index contributed by atoms with van der Waals surface area (Å²) < 4.78 is 0. The SMILES string of the molecule is CC(C)CNC(=O)C1CCC(C(=O)Nc2ccc(C#N)cc2)CC1. The van der Waals surface area contributed by atoms with E-state index >= 15 is 0 Å². The molecule has 0 aromatic heterocycles. The Morgan fingerprint density at radius 2 is 1.62 bits per heavy atom. The van der Waals surface area contributed by atoms with Gasteiger partial charge in [0.25, 0.3) is 0 Å². The lowest BCUT2D eigenvalue weighted by atomic mass is 9.81. The maximum Gasteiger partial charge on any atom is 0.227 e. The number of anilines is 1. The second kappa shape index (κ2) is 8.49. The monoisotopic (exact) mass is 327 g/mol. The Labute approximate surface area is 143 Å². The van der Waals surface area contributed by atoms with E-state index in [2.05, 4.69) is 30.6 Å². The van der Waals surface area contributed by atoms with Crippen molar-refractivity contribution >= 4 is 17.5 Å². The lowest BCUT2D eigenvalue weighted by Crippen LogP contribution is -2.36. The molecule has 5 heteroatoms. The number of carbonyl (C=O) groups excluding carboxylic acids is 2. The van der Waals surface area contributed by atoms with Gasteiger partial charge in [0, 0.05) is 24.1 Å². The second-order valence-corrected chi connectivity index (χ2v) is 6.87. The van der Waals surface area contributed by atoms with Crippen molar-refractivity contribution in [2.24, 2.45) is 17.8 Å². The van der Waals surface area contributed by atoms with Crippen LogP contribution in [0.5, 0.6) is 0 Å². The number of hydrogen-bond acceptors (Lipinski definition) is 3. The predicted octanol–water partition coefficient (Wildman–Crippen LogP) is 3.08. The number of nitrogens with one attached hydrogen (secondary N) is 2. The summed E-state index contributed by atoms with van der Waals surface area (Å²) in [5.41, 5.74) is 1.27. The lowest BCUT2D eigenvalue weighted by Gasteiger charge is -2.27. The number of rotatable bonds is 5. The van der Waals surface area contributed by atoms with E-state index in [4.69, 9.17) is 5.26 Å². The van der Waals surface area contributed by atoms with E-state index in [-0.39, 0.29) is 23.7 Å². The topological polar surface area (TPSA) is 82.0 Å². The van der Waals surface area contributed by atoms with Crippen molar-refractivity contribution in [1.29, 1.82) is 5.26 Å². The van der Waals surface area contributed by atoms with Gasteiger partial charge in [-0.25, -0.2) is 0 Å². The first-order valence-electron chi connectivity index (χ1n) is 8.58. The lowest BCUT2D eigenvalue weighted by molar-refractivity contribution is -0.128. The first kappa shape index (κ1) is 18.0. The van der Waals surface area contributed by atoms with Gasteiger partial charge < -0.3 is 10.6 Å². The summed E-state index contributed by atoms with van der Waals surface area (Å²) in [5, 5.41) is 14.7. The molecular formula is C19H25N3O2. The highest BCUT2D eigenvalue weighted by Gasteiger charge is 2.29. The first-order valence-corrected chi connectivity index (χ1v) is 8.58. The summed E-state index contributed by atoms with van der Waals surface area (Å²) in [5.74, 6) is 0.552. The molecule has 0 heterocycles. The van der Waals surface area contributed by atoms with E-state index in [0.717, 1.165) is 25.7 Å². The highest BCUT2D eigenvalue weighted by molar-refractivity contribution is 5.92. The summed E-state index contributed by atoms with van der Waals surface area (Å²) in [6.45, 7) is 4.85. The zero-order chi connectivity index (χ0) is 17.5. The van der Waals surface area contributed by atoms with Gasteiger partial charge in [-0.2, -0.15) is 5.26 Å². The van der Waals surface area contributed by atoms with E-state index < -0.39 is 0 Å². The maximum atomic E-state index is 12.3. The maximum absolute atomic E-state index is 12.3. The Morgan fingerprint density at radius 3 is 2.12 bits per heavy atom. The highest BCUT2D eigenvalue weighted by atomic mass is 16.2. The van der Waals surface area contributed by atoms with Crippen molar-refractivity contribution in [2.45, 2.75) is 39.5 Å². The zero-order valence-corrected chi connectivity index (χ0v) is 14.3. The Kier molecular flexibility index (Phi) is 6.36. The Bertz CT molecular complexity index is 608. The van der Waals surface area contributed by atoms with Gasteiger partial charge in [-0.05, 0) is 55.9 Å². The third-order valence-corrected chi connectivity index (χ3v) is 4.43. The predicted molar refractivity (Wildman–Crippen MR) is 93.1 cm³/mol. The third kappa shape index (κ3) is 5.09. The zero-order valence-electron chi connectivity index (χ0n) is 14.3. The molecule has 1 saturated carbocycles. The van der Waals surface area contributed by atoms with E-state index in [9.17, 15) is 9.59 Å². The number of carbonyl (C=O) groups is 2. The summed E-state index contributed by atoms with van der Waals surface area (Å²) in [6, 6.07) is 8.90. The smallest absolute Gasteiger partial charge is 0.227 e. The average Bonchev–Trinajstić information content (AvgIpc) is 2.60. The molecule has 128 valence electrons. The van der Waals surface area contributed by atoms with Crippen molar-refractivity contribution in [3.63, 3.8) is 0 Å². The van der Waals surface area contributed by atoms with Gasteiger partial charge in [-0.15, -0.1) is 0 Å². The van der Waals surface area contributed by atoms with E-state index in [1.165, 1.54) is 0 Å². The summed E-state index contributed by atoms with van der Waals surface area (Å²) in [7, 11) is 0. The Balaban J connectivity index is 1.79. The van der Waals surface area contributed by atoms with Crippen LogP contribution in [0.15, 0.2) is 24.3 Å². The van der Waals surface area contributed by atoms with Crippen LogP contribution in [0.2, 0.25) is 0 Å². The standard InChI is InChI=1S/C19H25N3O2/c1-13(2)12-21-18(23)15-5-7-16(8-6-15)19(24)22-17-9-3-14(11-20)4-10-17/h3-4,9-10,13,15-16H,5-8,12H2,1-2H3,(H,21,23)(H,22,24). The third-order valence-electron chi connectivity index (χ3n) is 4.43. The second-order valence-electron chi connectivity index (χ2n) is 6.87. The number of amides is 2. The first-order chi connectivity index (χ1) is 11.5. The van der Waals surface area contributed by atoms with Crippen LogP contribution in [0.3, 0.4) is 0 Å². The molecule has 0 atom stereocenters. The van der Waals surface area contributed by atoms with E-state index in [1.807, 2.05) is 0 Å². The molecule has 0 aliphatic heterocycles. The molecule has 1 aromatic carbocycles. The molecule has 0 saturated heterocycles. The van der Waals surface area contributed by atoms with Gasteiger partial charge in [0.1, 0.15) is 0 Å². The van der Waals surface area contributed by atoms with Gasteiger partial charge in [0.05, 0.1) is 11.6 Å². The molecule has 0 bridgehead atoms. The summed E-state index contributed by atoms with van der Waals surface area (Å²) >= 11 is 0. The summed E-state index contributed by atoms with van der Waals surface area (Å²) in [6.07, 6.45) is 2.99. The van der Waals surface area contributed by atoms with Crippen molar-refractivity contribution in [1.82, 2.24) is 5.32 Å². The fourth-order valence-corrected chi connectivity index (χ4v) is 2.94. The molecule has 1 aliphatic carbocycles. The van der Waals surface area contributed by atoms with Gasteiger partial charge in [-0.3, -0.25) is 9.59 Å².